The van der Waals surface area contributed by atoms with Crippen LogP contribution in [0.5, 0.6) is 11.5 Å². The monoisotopic (exact) mass is 574 g/mol. The van der Waals surface area contributed by atoms with Crippen LogP contribution in [0.3, 0.4) is 0 Å². The largest absolute Gasteiger partial charge is 0.497 e. The van der Waals surface area contributed by atoms with E-state index in [0.29, 0.717) is 17.1 Å². The van der Waals surface area contributed by atoms with E-state index in [2.05, 4.69) is 10.5 Å². The van der Waals surface area contributed by atoms with E-state index in [1.54, 1.807) is 72.8 Å². The highest BCUT2D eigenvalue weighted by Crippen LogP contribution is 2.26. The first-order chi connectivity index (χ1) is 19.8. The molecule has 4 aromatic carbocycles. The minimum absolute atomic E-state index is 0.00954. The zero-order valence-electron chi connectivity index (χ0n) is 21.9. The van der Waals surface area contributed by atoms with Gasteiger partial charge in [-0.15, -0.1) is 0 Å². The molecule has 1 N–H and O–H groups in total. The molecular weight excluding hydrogens is 548 g/mol. The number of nitro benzene ring substituents is 1. The van der Waals surface area contributed by atoms with E-state index in [1.807, 2.05) is 0 Å². The molecule has 0 aliphatic rings. The number of nitro groups is 1. The van der Waals surface area contributed by atoms with Gasteiger partial charge in [0, 0.05) is 18.2 Å². The van der Waals surface area contributed by atoms with Crippen molar-refractivity contribution in [3.63, 3.8) is 0 Å². The normalized spacial score (nSPS) is 11.1. The van der Waals surface area contributed by atoms with Crippen LogP contribution < -0.4 is 19.2 Å². The summed E-state index contributed by atoms with van der Waals surface area (Å²) in [6.45, 7) is -0.283. The van der Waals surface area contributed by atoms with Gasteiger partial charge >= 0.3 is 0 Å². The number of ether oxygens (including phenoxy) is 2. The molecule has 0 atom stereocenters. The number of non-ortho nitro benzene ring substituents is 1. The third-order valence-electron chi connectivity index (χ3n) is 5.80. The summed E-state index contributed by atoms with van der Waals surface area (Å²) in [5.41, 5.74) is 4.08. The van der Waals surface area contributed by atoms with Crippen molar-refractivity contribution in [3.8, 4) is 11.5 Å². The molecule has 0 spiro atoms. The van der Waals surface area contributed by atoms with Gasteiger partial charge in [-0.2, -0.15) is 5.10 Å². The van der Waals surface area contributed by atoms with Crippen molar-refractivity contribution in [1.82, 2.24) is 5.43 Å². The fourth-order valence-corrected chi connectivity index (χ4v) is 5.11. The molecule has 1 amide bonds. The predicted molar refractivity (Wildman–Crippen MR) is 154 cm³/mol. The molecule has 4 rings (SSSR count). The van der Waals surface area contributed by atoms with Crippen LogP contribution in [0.1, 0.15) is 11.1 Å². The molecule has 0 radical (unpaired) electrons. The second kappa shape index (κ2) is 13.2. The topological polar surface area (TPSA) is 140 Å². The summed E-state index contributed by atoms with van der Waals surface area (Å²) >= 11 is 0. The Hall–Kier alpha value is -5.23. The van der Waals surface area contributed by atoms with E-state index >= 15 is 0 Å². The molecule has 0 saturated carbocycles. The average molecular weight is 575 g/mol. The average Bonchev–Trinajstić information content (AvgIpc) is 3.00. The Balaban J connectivity index is 1.38. The van der Waals surface area contributed by atoms with Gasteiger partial charge in [-0.25, -0.2) is 13.8 Å². The Morgan fingerprint density at radius 2 is 1.66 bits per heavy atom. The fourth-order valence-electron chi connectivity index (χ4n) is 3.68. The maximum Gasteiger partial charge on any atom is 0.269 e. The number of rotatable bonds is 12. The van der Waals surface area contributed by atoms with E-state index in [1.165, 1.54) is 43.7 Å². The molecule has 12 heteroatoms. The summed E-state index contributed by atoms with van der Waals surface area (Å²) in [5.74, 6) is 0.366. The number of amides is 1. The van der Waals surface area contributed by atoms with Crippen LogP contribution in [0.15, 0.2) is 113 Å². The van der Waals surface area contributed by atoms with Crippen LogP contribution in [0.25, 0.3) is 0 Å². The summed E-state index contributed by atoms with van der Waals surface area (Å²) in [7, 11) is -2.60. The van der Waals surface area contributed by atoms with Gasteiger partial charge in [0.05, 0.1) is 28.8 Å². The number of nitrogens with zero attached hydrogens (tertiary/aromatic N) is 3. The van der Waals surface area contributed by atoms with Crippen molar-refractivity contribution >= 4 is 33.5 Å². The second-order valence-corrected chi connectivity index (χ2v) is 10.5. The lowest BCUT2D eigenvalue weighted by molar-refractivity contribution is -0.384. The van der Waals surface area contributed by atoms with Crippen molar-refractivity contribution in [2.45, 2.75) is 11.5 Å². The van der Waals surface area contributed by atoms with E-state index in [0.717, 1.165) is 9.87 Å². The lowest BCUT2D eigenvalue weighted by atomic mass is 10.2. The number of carbonyl (C=O) groups excluding carboxylic acids is 1. The smallest absolute Gasteiger partial charge is 0.269 e. The Morgan fingerprint density at radius 1 is 0.951 bits per heavy atom. The lowest BCUT2D eigenvalue weighted by Crippen LogP contribution is -2.39. The van der Waals surface area contributed by atoms with Crippen LogP contribution in [0.4, 0.5) is 11.4 Å². The van der Waals surface area contributed by atoms with Crippen molar-refractivity contribution in [1.29, 1.82) is 0 Å². The van der Waals surface area contributed by atoms with Crippen molar-refractivity contribution in [2.75, 3.05) is 18.0 Å². The fraction of sp³-hybridized carbons (Fsp3) is 0.103. The standard InChI is InChI=1S/C29H26N4O7S/c1-39-27-7-5-6-25(18-27)32(41(37,38)28-8-3-2-4-9-28)20-29(34)31-30-19-22-12-16-26(17-13-22)40-21-23-10-14-24(15-11-23)33(35)36/h2-19H,20-21H2,1H3,(H,31,34)/b30-19-. The molecule has 0 aliphatic carbocycles. The van der Waals surface area contributed by atoms with Crippen LogP contribution in [0, 0.1) is 10.1 Å². The minimum Gasteiger partial charge on any atom is -0.497 e. The molecule has 0 saturated heterocycles. The van der Waals surface area contributed by atoms with E-state index in [-0.39, 0.29) is 22.9 Å². The van der Waals surface area contributed by atoms with Gasteiger partial charge < -0.3 is 9.47 Å². The Morgan fingerprint density at radius 3 is 2.32 bits per heavy atom. The molecule has 0 unspecified atom stereocenters. The van der Waals surface area contributed by atoms with Crippen molar-refractivity contribution in [3.05, 3.63) is 124 Å². The van der Waals surface area contributed by atoms with E-state index in [9.17, 15) is 23.3 Å². The molecule has 0 heterocycles. The molecule has 11 nitrogen and oxygen atoms in total. The van der Waals surface area contributed by atoms with Crippen LogP contribution in [-0.4, -0.2) is 39.1 Å². The first kappa shape index (κ1) is 28.8. The van der Waals surface area contributed by atoms with Crippen molar-refractivity contribution < 1.29 is 27.6 Å². The quantitative estimate of drug-likeness (QED) is 0.149. The summed E-state index contributed by atoms with van der Waals surface area (Å²) in [6, 6.07) is 27.2. The van der Waals surface area contributed by atoms with Gasteiger partial charge in [0.2, 0.25) is 0 Å². The Labute approximate surface area is 236 Å². The first-order valence-electron chi connectivity index (χ1n) is 12.3. The molecule has 0 aliphatic heterocycles. The zero-order chi connectivity index (χ0) is 29.2. The van der Waals surface area contributed by atoms with Crippen molar-refractivity contribution in [2.24, 2.45) is 5.10 Å². The summed E-state index contributed by atoms with van der Waals surface area (Å²) in [5, 5.41) is 14.7. The Kier molecular flexibility index (Phi) is 9.28. The first-order valence-corrected chi connectivity index (χ1v) is 13.7. The highest BCUT2D eigenvalue weighted by Gasteiger charge is 2.27. The molecular formula is C29H26N4O7S. The maximum atomic E-state index is 13.4. The van der Waals surface area contributed by atoms with Gasteiger partial charge in [0.25, 0.3) is 21.6 Å². The number of carbonyl (C=O) groups is 1. The highest BCUT2D eigenvalue weighted by atomic mass is 32.2. The number of hydrogen-bond acceptors (Lipinski definition) is 8. The minimum atomic E-state index is -4.07. The molecule has 0 fully saturated rings. The second-order valence-electron chi connectivity index (χ2n) is 8.60. The molecule has 4 aromatic rings. The highest BCUT2D eigenvalue weighted by molar-refractivity contribution is 7.92. The lowest BCUT2D eigenvalue weighted by Gasteiger charge is -2.24. The zero-order valence-corrected chi connectivity index (χ0v) is 22.7. The van der Waals surface area contributed by atoms with E-state index < -0.39 is 27.4 Å². The van der Waals surface area contributed by atoms with Gasteiger partial charge in [0.15, 0.2) is 0 Å². The number of hydrogen-bond donors (Lipinski definition) is 1. The molecule has 0 bridgehead atoms. The number of benzene rings is 4. The van der Waals surface area contributed by atoms with Crippen LogP contribution in [-0.2, 0) is 21.4 Å². The number of nitrogens with one attached hydrogen (secondary N) is 1. The molecule has 210 valence electrons. The number of methoxy groups -OCH3 is 1. The maximum absolute atomic E-state index is 13.4. The van der Waals surface area contributed by atoms with Gasteiger partial charge in [0.1, 0.15) is 24.7 Å². The van der Waals surface area contributed by atoms with E-state index in [4.69, 9.17) is 9.47 Å². The molecule has 0 aromatic heterocycles. The SMILES string of the molecule is COc1cccc(N(CC(=O)N/N=C\c2ccc(OCc3ccc([N+](=O)[O-])cc3)cc2)S(=O)(=O)c2ccccc2)c1. The van der Waals surface area contributed by atoms with Gasteiger partial charge in [-0.05, 0) is 71.8 Å². The summed E-state index contributed by atoms with van der Waals surface area (Å²) in [6.07, 6.45) is 1.42. The van der Waals surface area contributed by atoms with Crippen LogP contribution in [0.2, 0.25) is 0 Å². The molecule has 41 heavy (non-hydrogen) atoms. The predicted octanol–water partition coefficient (Wildman–Crippen LogP) is 4.53. The van der Waals surface area contributed by atoms with Gasteiger partial charge in [-0.3, -0.25) is 19.2 Å². The number of hydrazone groups is 1. The number of sulfonamides is 1. The Bertz CT molecular complexity index is 1630. The summed E-state index contributed by atoms with van der Waals surface area (Å²) < 4.78 is 38.7. The summed E-state index contributed by atoms with van der Waals surface area (Å²) in [4.78, 5) is 23.1. The number of anilines is 1. The van der Waals surface area contributed by atoms with Gasteiger partial charge in [-0.1, -0.05) is 24.3 Å². The van der Waals surface area contributed by atoms with Crippen LogP contribution >= 0.6 is 0 Å². The third kappa shape index (κ3) is 7.67. The third-order valence-corrected chi connectivity index (χ3v) is 7.58.